The Labute approximate surface area is 179 Å². The molecule has 2 N–H and O–H groups in total. The van der Waals surface area contributed by atoms with Crippen molar-refractivity contribution in [1.29, 1.82) is 0 Å². The van der Waals surface area contributed by atoms with Gasteiger partial charge in [0.25, 0.3) is 0 Å². The molecule has 1 aliphatic heterocycles. The Bertz CT molecular complexity index is 928. The average molecular weight is 431 g/mol. The van der Waals surface area contributed by atoms with Crippen LogP contribution >= 0.6 is 0 Å². The molecule has 0 aromatic heterocycles. The van der Waals surface area contributed by atoms with Crippen LogP contribution in [0.1, 0.15) is 22.3 Å². The molecule has 1 saturated heterocycles. The van der Waals surface area contributed by atoms with Gasteiger partial charge in [0.2, 0.25) is 0 Å². The van der Waals surface area contributed by atoms with Gasteiger partial charge in [-0.05, 0) is 29.3 Å². The normalized spacial score (nSPS) is 14.4. The van der Waals surface area contributed by atoms with Crippen molar-refractivity contribution in [2.75, 3.05) is 32.8 Å². The minimum atomic E-state index is -4.41. The molecule has 8 heteroatoms. The largest absolute Gasteiger partial charge is 0.416 e. The molecule has 0 atom stereocenters. The summed E-state index contributed by atoms with van der Waals surface area (Å²) in [5.41, 5.74) is 1.67. The number of rotatable bonds is 5. The number of halogens is 3. The molecule has 3 rings (SSSR count). The molecule has 2 amide bonds. The van der Waals surface area contributed by atoms with Crippen LogP contribution in [0.25, 0.3) is 0 Å². The van der Waals surface area contributed by atoms with Gasteiger partial charge in [-0.15, -0.1) is 0 Å². The molecule has 1 fully saturated rings. The maximum Gasteiger partial charge on any atom is 0.416 e. The lowest BCUT2D eigenvalue weighted by atomic mass is 10.1. The van der Waals surface area contributed by atoms with Gasteiger partial charge in [0.05, 0.1) is 25.3 Å². The van der Waals surface area contributed by atoms with Crippen LogP contribution < -0.4 is 10.6 Å². The number of amides is 2. The Morgan fingerprint density at radius 2 is 1.74 bits per heavy atom. The Morgan fingerprint density at radius 3 is 2.45 bits per heavy atom. The van der Waals surface area contributed by atoms with Gasteiger partial charge in [0, 0.05) is 31.7 Å². The first-order valence-corrected chi connectivity index (χ1v) is 9.96. The minimum absolute atomic E-state index is 0.0283. The number of hydrogen-bond donors (Lipinski definition) is 2. The SMILES string of the molecule is O=C(NCC#Cc1cccc(C(F)(F)F)c1)NCc1ccc(CN2CCOCC2)cc1. The summed E-state index contributed by atoms with van der Waals surface area (Å²) in [6.45, 7) is 4.66. The van der Waals surface area contributed by atoms with E-state index in [0.29, 0.717) is 6.54 Å². The van der Waals surface area contributed by atoms with Crippen LogP contribution in [0.15, 0.2) is 48.5 Å². The van der Waals surface area contributed by atoms with Crippen LogP contribution in [0, 0.1) is 11.8 Å². The smallest absolute Gasteiger partial charge is 0.379 e. The molecule has 1 heterocycles. The fraction of sp³-hybridized carbons (Fsp3) is 0.348. The highest BCUT2D eigenvalue weighted by Gasteiger charge is 2.30. The molecule has 0 radical (unpaired) electrons. The second kappa shape index (κ2) is 10.8. The van der Waals surface area contributed by atoms with Crippen LogP contribution in [0.3, 0.4) is 0 Å². The van der Waals surface area contributed by atoms with Crippen molar-refractivity contribution in [3.05, 3.63) is 70.8 Å². The third-order valence-corrected chi connectivity index (χ3v) is 4.75. The molecule has 0 bridgehead atoms. The molecule has 0 aliphatic carbocycles. The summed E-state index contributed by atoms with van der Waals surface area (Å²) < 4.78 is 43.4. The second-order valence-electron chi connectivity index (χ2n) is 7.12. The third kappa shape index (κ3) is 7.63. The molecule has 164 valence electrons. The maximum absolute atomic E-state index is 12.7. The first-order chi connectivity index (χ1) is 14.9. The highest BCUT2D eigenvalue weighted by atomic mass is 19.4. The van der Waals surface area contributed by atoms with Gasteiger partial charge in [0.15, 0.2) is 0 Å². The van der Waals surface area contributed by atoms with Gasteiger partial charge in [-0.25, -0.2) is 4.79 Å². The van der Waals surface area contributed by atoms with E-state index >= 15 is 0 Å². The first kappa shape index (κ1) is 22.7. The maximum atomic E-state index is 12.7. The predicted octanol–water partition coefficient (Wildman–Crippen LogP) is 3.39. The highest BCUT2D eigenvalue weighted by Crippen LogP contribution is 2.29. The van der Waals surface area contributed by atoms with Crippen molar-refractivity contribution in [2.24, 2.45) is 0 Å². The van der Waals surface area contributed by atoms with Gasteiger partial charge in [-0.3, -0.25) is 4.90 Å². The summed E-state index contributed by atoms with van der Waals surface area (Å²) in [5, 5.41) is 5.30. The molecule has 2 aromatic carbocycles. The number of carbonyl (C=O) groups excluding carboxylic acids is 1. The standard InChI is InChI=1S/C23H24F3N3O2/c24-23(25,26)21-5-1-3-18(15-21)4-2-10-27-22(30)28-16-19-6-8-20(9-7-19)17-29-11-13-31-14-12-29/h1,3,5-9,15H,10-14,16-17H2,(H2,27,28,30). The van der Waals surface area contributed by atoms with Gasteiger partial charge in [-0.2, -0.15) is 13.2 Å². The molecule has 0 spiro atoms. The zero-order valence-electron chi connectivity index (χ0n) is 17.0. The second-order valence-corrected chi connectivity index (χ2v) is 7.12. The zero-order chi connectivity index (χ0) is 22.1. The number of nitrogens with zero attached hydrogens (tertiary/aromatic N) is 1. The fourth-order valence-corrected chi connectivity index (χ4v) is 3.07. The summed E-state index contributed by atoms with van der Waals surface area (Å²) in [6, 6.07) is 12.4. The number of urea groups is 1. The third-order valence-electron chi connectivity index (χ3n) is 4.75. The number of benzene rings is 2. The van der Waals surface area contributed by atoms with Crippen LogP contribution in [-0.2, 0) is 24.0 Å². The van der Waals surface area contributed by atoms with E-state index in [2.05, 4.69) is 27.4 Å². The fourth-order valence-electron chi connectivity index (χ4n) is 3.07. The monoisotopic (exact) mass is 431 g/mol. The summed E-state index contributed by atoms with van der Waals surface area (Å²) in [4.78, 5) is 14.2. The van der Waals surface area contributed by atoms with E-state index in [4.69, 9.17) is 4.74 Å². The highest BCUT2D eigenvalue weighted by molar-refractivity contribution is 5.74. The van der Waals surface area contributed by atoms with Crippen molar-refractivity contribution in [3.63, 3.8) is 0 Å². The Hall–Kier alpha value is -3.02. The topological polar surface area (TPSA) is 53.6 Å². The lowest BCUT2D eigenvalue weighted by Gasteiger charge is -2.26. The molecule has 2 aromatic rings. The Balaban J connectivity index is 1.39. The Morgan fingerprint density at radius 1 is 1.03 bits per heavy atom. The number of carbonyl (C=O) groups is 1. The lowest BCUT2D eigenvalue weighted by molar-refractivity contribution is -0.137. The number of alkyl halides is 3. The molecular weight excluding hydrogens is 407 g/mol. The van der Waals surface area contributed by atoms with Gasteiger partial charge in [0.1, 0.15) is 0 Å². The van der Waals surface area contributed by atoms with Crippen molar-refractivity contribution in [3.8, 4) is 11.8 Å². The van der Waals surface area contributed by atoms with E-state index in [9.17, 15) is 18.0 Å². The molecule has 0 saturated carbocycles. The van der Waals surface area contributed by atoms with Gasteiger partial charge in [-0.1, -0.05) is 42.2 Å². The van der Waals surface area contributed by atoms with E-state index in [-0.39, 0.29) is 12.1 Å². The quantitative estimate of drug-likeness (QED) is 0.714. The molecule has 1 aliphatic rings. The van der Waals surface area contributed by atoms with Crippen molar-refractivity contribution >= 4 is 6.03 Å². The van der Waals surface area contributed by atoms with E-state index in [0.717, 1.165) is 50.5 Å². The Kier molecular flexibility index (Phi) is 7.93. The summed E-state index contributed by atoms with van der Waals surface area (Å²) >= 11 is 0. The predicted molar refractivity (Wildman–Crippen MR) is 111 cm³/mol. The summed E-state index contributed by atoms with van der Waals surface area (Å²) in [6.07, 6.45) is -4.41. The first-order valence-electron chi connectivity index (χ1n) is 9.96. The van der Waals surface area contributed by atoms with Crippen molar-refractivity contribution < 1.29 is 22.7 Å². The molecular formula is C23H24F3N3O2. The van der Waals surface area contributed by atoms with E-state index in [1.54, 1.807) is 0 Å². The van der Waals surface area contributed by atoms with Crippen LogP contribution in [-0.4, -0.2) is 43.8 Å². The van der Waals surface area contributed by atoms with E-state index in [1.165, 1.54) is 17.7 Å². The van der Waals surface area contributed by atoms with Gasteiger partial charge < -0.3 is 15.4 Å². The number of nitrogens with one attached hydrogen (secondary N) is 2. The van der Waals surface area contributed by atoms with Crippen LogP contribution in [0.4, 0.5) is 18.0 Å². The van der Waals surface area contributed by atoms with Crippen molar-refractivity contribution in [2.45, 2.75) is 19.3 Å². The summed E-state index contributed by atoms with van der Waals surface area (Å²) in [5.74, 6) is 5.27. The lowest BCUT2D eigenvalue weighted by Crippen LogP contribution is -2.35. The average Bonchev–Trinajstić information content (AvgIpc) is 2.77. The molecule has 5 nitrogen and oxygen atoms in total. The van der Waals surface area contributed by atoms with Crippen molar-refractivity contribution in [1.82, 2.24) is 15.5 Å². The van der Waals surface area contributed by atoms with E-state index in [1.807, 2.05) is 24.3 Å². The minimum Gasteiger partial charge on any atom is -0.379 e. The van der Waals surface area contributed by atoms with E-state index < -0.39 is 17.8 Å². The van der Waals surface area contributed by atoms with Crippen LogP contribution in [0.2, 0.25) is 0 Å². The van der Waals surface area contributed by atoms with Crippen LogP contribution in [0.5, 0.6) is 0 Å². The number of ether oxygens (including phenoxy) is 1. The number of hydrogen-bond acceptors (Lipinski definition) is 3. The summed E-state index contributed by atoms with van der Waals surface area (Å²) in [7, 11) is 0. The zero-order valence-corrected chi connectivity index (χ0v) is 17.0. The van der Waals surface area contributed by atoms with Gasteiger partial charge >= 0.3 is 12.2 Å². The number of morpholine rings is 1. The molecule has 0 unspecified atom stereocenters. The molecule has 31 heavy (non-hydrogen) atoms.